The molecule has 0 aliphatic heterocycles. The van der Waals surface area contributed by atoms with Gasteiger partial charge in [-0.2, -0.15) is 0 Å². The van der Waals surface area contributed by atoms with Gasteiger partial charge in [-0.15, -0.1) is 0 Å². The van der Waals surface area contributed by atoms with Gasteiger partial charge in [-0.25, -0.2) is 4.39 Å². The van der Waals surface area contributed by atoms with E-state index in [2.05, 4.69) is 6.92 Å². The van der Waals surface area contributed by atoms with Gasteiger partial charge in [0.15, 0.2) is 5.78 Å². The van der Waals surface area contributed by atoms with Gasteiger partial charge in [-0.3, -0.25) is 4.79 Å². The van der Waals surface area contributed by atoms with E-state index in [-0.39, 0.29) is 11.6 Å². The van der Waals surface area contributed by atoms with Gasteiger partial charge in [0, 0.05) is 16.0 Å². The minimum atomic E-state index is -0.430. The summed E-state index contributed by atoms with van der Waals surface area (Å²) in [5.74, 6) is -0.138. The Morgan fingerprint density at radius 3 is 2.89 bits per heavy atom. The number of carbonyl (C=O) groups is 1. The molecule has 2 rings (SSSR count). The van der Waals surface area contributed by atoms with Crippen LogP contribution in [0.25, 0.3) is 0 Å². The molecule has 3 heteroatoms. The number of ketones is 1. The van der Waals surface area contributed by atoms with Crippen molar-refractivity contribution >= 4 is 17.4 Å². The predicted molar refractivity (Wildman–Crippen MR) is 76.0 cm³/mol. The molecular weight excluding hydrogens is 263 g/mol. The fourth-order valence-corrected chi connectivity index (χ4v) is 3.02. The minimum absolute atomic E-state index is 0.138. The number of fused-ring (bicyclic) bond motifs is 1. The van der Waals surface area contributed by atoms with E-state index >= 15 is 0 Å². The molecule has 0 heterocycles. The summed E-state index contributed by atoms with van der Waals surface area (Å²) >= 11 is 5.89. The first kappa shape index (κ1) is 14.3. The summed E-state index contributed by atoms with van der Waals surface area (Å²) in [6.07, 6.45) is 4.89. The molecular formula is C16H18ClFO. The molecule has 1 aromatic carbocycles. The van der Waals surface area contributed by atoms with Crippen molar-refractivity contribution in [2.75, 3.05) is 0 Å². The van der Waals surface area contributed by atoms with E-state index in [1.165, 1.54) is 12.1 Å². The summed E-state index contributed by atoms with van der Waals surface area (Å²) in [7, 11) is 0. The van der Waals surface area contributed by atoms with Crippen LogP contribution in [0.2, 0.25) is 0 Å². The monoisotopic (exact) mass is 280 g/mol. The number of rotatable bonds is 4. The van der Waals surface area contributed by atoms with Crippen molar-refractivity contribution in [1.29, 1.82) is 0 Å². The molecule has 0 fully saturated rings. The van der Waals surface area contributed by atoms with Gasteiger partial charge < -0.3 is 0 Å². The van der Waals surface area contributed by atoms with Gasteiger partial charge in [0.25, 0.3) is 0 Å². The standard InChI is InChI=1S/C16H18ClFO/c1-3-7-16(8-6-11(2)17)10-12-9-13(18)4-5-14(12)15(16)19/h4-6,9H,3,7-8,10H2,1-2H3/b11-6-. The number of halogens is 2. The molecule has 0 saturated heterocycles. The topological polar surface area (TPSA) is 17.1 Å². The highest BCUT2D eigenvalue weighted by Gasteiger charge is 2.43. The van der Waals surface area contributed by atoms with E-state index in [1.54, 1.807) is 6.07 Å². The minimum Gasteiger partial charge on any atom is -0.294 e. The molecule has 0 spiro atoms. The van der Waals surface area contributed by atoms with Crippen LogP contribution in [0.5, 0.6) is 0 Å². The van der Waals surface area contributed by atoms with E-state index in [4.69, 9.17) is 11.6 Å². The largest absolute Gasteiger partial charge is 0.294 e. The molecule has 1 unspecified atom stereocenters. The van der Waals surface area contributed by atoms with Crippen LogP contribution in [-0.4, -0.2) is 5.78 Å². The highest BCUT2D eigenvalue weighted by atomic mass is 35.5. The summed E-state index contributed by atoms with van der Waals surface area (Å²) < 4.78 is 13.3. The molecule has 1 atom stereocenters. The molecule has 1 aliphatic carbocycles. The van der Waals surface area contributed by atoms with Crippen LogP contribution in [0.1, 0.15) is 49.0 Å². The number of allylic oxidation sites excluding steroid dienone is 2. The molecule has 0 amide bonds. The average molecular weight is 281 g/mol. The van der Waals surface area contributed by atoms with Gasteiger partial charge in [-0.1, -0.05) is 31.0 Å². The molecule has 1 aromatic rings. The lowest BCUT2D eigenvalue weighted by atomic mass is 9.76. The molecule has 0 aromatic heterocycles. The van der Waals surface area contributed by atoms with Crippen LogP contribution in [0.3, 0.4) is 0 Å². The predicted octanol–water partition coefficient (Wildman–Crippen LogP) is 4.88. The quantitative estimate of drug-likeness (QED) is 0.768. The maximum atomic E-state index is 13.3. The number of carbonyl (C=O) groups excluding carboxylic acids is 1. The van der Waals surface area contributed by atoms with Crippen molar-refractivity contribution < 1.29 is 9.18 Å². The van der Waals surface area contributed by atoms with E-state index in [0.717, 1.165) is 18.4 Å². The fourth-order valence-electron chi connectivity index (χ4n) is 2.94. The molecule has 102 valence electrons. The van der Waals surface area contributed by atoms with Crippen molar-refractivity contribution in [3.8, 4) is 0 Å². The van der Waals surface area contributed by atoms with Crippen LogP contribution in [0.4, 0.5) is 4.39 Å². The highest BCUT2D eigenvalue weighted by molar-refractivity contribution is 6.29. The molecule has 1 nitrogen and oxygen atoms in total. The maximum absolute atomic E-state index is 13.3. The summed E-state index contributed by atoms with van der Waals surface area (Å²) in [4.78, 5) is 12.6. The van der Waals surface area contributed by atoms with Crippen molar-refractivity contribution in [2.24, 2.45) is 5.41 Å². The Morgan fingerprint density at radius 1 is 1.53 bits per heavy atom. The van der Waals surface area contributed by atoms with Crippen molar-refractivity contribution in [2.45, 2.75) is 39.5 Å². The number of Topliss-reactive ketones (excluding diaryl/α,β-unsaturated/α-hetero) is 1. The zero-order chi connectivity index (χ0) is 14.0. The van der Waals surface area contributed by atoms with Crippen molar-refractivity contribution in [3.63, 3.8) is 0 Å². The number of hydrogen-bond acceptors (Lipinski definition) is 1. The molecule has 0 saturated carbocycles. The molecule has 0 radical (unpaired) electrons. The lowest BCUT2D eigenvalue weighted by molar-refractivity contribution is 0.0806. The Morgan fingerprint density at radius 2 is 2.26 bits per heavy atom. The van der Waals surface area contributed by atoms with Crippen molar-refractivity contribution in [3.05, 3.63) is 46.3 Å². The zero-order valence-corrected chi connectivity index (χ0v) is 12.1. The van der Waals surface area contributed by atoms with Gasteiger partial charge in [-0.05, 0) is 49.9 Å². The Kier molecular flexibility index (Phi) is 4.10. The van der Waals surface area contributed by atoms with Crippen LogP contribution >= 0.6 is 11.6 Å². The summed E-state index contributed by atoms with van der Waals surface area (Å²) in [5.41, 5.74) is 1.08. The first-order valence-corrected chi connectivity index (χ1v) is 7.02. The third-order valence-electron chi connectivity index (χ3n) is 3.83. The smallest absolute Gasteiger partial charge is 0.169 e. The fraction of sp³-hybridized carbons (Fsp3) is 0.438. The third-order valence-corrected chi connectivity index (χ3v) is 3.98. The Balaban J connectivity index is 2.38. The number of hydrogen-bond donors (Lipinski definition) is 0. The van der Waals surface area contributed by atoms with Crippen LogP contribution in [0, 0.1) is 11.2 Å². The number of benzene rings is 1. The molecule has 19 heavy (non-hydrogen) atoms. The lowest BCUT2D eigenvalue weighted by Gasteiger charge is -2.25. The molecule has 1 aliphatic rings. The summed E-state index contributed by atoms with van der Waals surface area (Å²) in [6, 6.07) is 4.46. The molecule has 0 bridgehead atoms. The Hall–Kier alpha value is -1.15. The first-order valence-electron chi connectivity index (χ1n) is 6.64. The van der Waals surface area contributed by atoms with Crippen LogP contribution in [-0.2, 0) is 6.42 Å². The van der Waals surface area contributed by atoms with Crippen LogP contribution in [0.15, 0.2) is 29.3 Å². The Labute approximate surface area is 118 Å². The first-order chi connectivity index (χ1) is 8.98. The van der Waals surface area contributed by atoms with Crippen LogP contribution < -0.4 is 0 Å². The zero-order valence-electron chi connectivity index (χ0n) is 11.3. The van der Waals surface area contributed by atoms with Gasteiger partial charge in [0.1, 0.15) is 5.82 Å². The van der Waals surface area contributed by atoms with Gasteiger partial charge in [0.2, 0.25) is 0 Å². The van der Waals surface area contributed by atoms with E-state index in [9.17, 15) is 9.18 Å². The lowest BCUT2D eigenvalue weighted by Crippen LogP contribution is -2.27. The maximum Gasteiger partial charge on any atom is 0.169 e. The van der Waals surface area contributed by atoms with E-state index in [0.29, 0.717) is 23.4 Å². The summed E-state index contributed by atoms with van der Waals surface area (Å²) in [6.45, 7) is 3.88. The SMILES string of the molecule is CCCC1(C/C=C(/C)Cl)Cc2cc(F)ccc2C1=O. The normalized spacial score (nSPS) is 22.7. The van der Waals surface area contributed by atoms with E-state index in [1.807, 2.05) is 13.0 Å². The summed E-state index contributed by atoms with van der Waals surface area (Å²) in [5, 5.41) is 0.699. The second-order valence-corrected chi connectivity index (χ2v) is 5.93. The van der Waals surface area contributed by atoms with Gasteiger partial charge >= 0.3 is 0 Å². The second kappa shape index (κ2) is 5.46. The average Bonchev–Trinajstić information content (AvgIpc) is 2.61. The third kappa shape index (κ3) is 2.74. The molecule has 0 N–H and O–H groups in total. The second-order valence-electron chi connectivity index (χ2n) is 5.33. The van der Waals surface area contributed by atoms with Gasteiger partial charge in [0.05, 0.1) is 0 Å². The Bertz CT molecular complexity index is 532. The van der Waals surface area contributed by atoms with Crippen molar-refractivity contribution in [1.82, 2.24) is 0 Å². The highest BCUT2D eigenvalue weighted by Crippen LogP contribution is 2.43. The van der Waals surface area contributed by atoms with E-state index < -0.39 is 5.41 Å².